The van der Waals surface area contributed by atoms with E-state index in [0.29, 0.717) is 5.41 Å². The van der Waals surface area contributed by atoms with Gasteiger partial charge in [0, 0.05) is 0 Å². The summed E-state index contributed by atoms with van der Waals surface area (Å²) in [6.07, 6.45) is 7.35. The van der Waals surface area contributed by atoms with E-state index in [2.05, 4.69) is 96.1 Å². The van der Waals surface area contributed by atoms with Gasteiger partial charge in [0.15, 0.2) is 0 Å². The maximum atomic E-state index is 5.01. The average molecular weight is 539 g/mol. The van der Waals surface area contributed by atoms with Crippen molar-refractivity contribution < 1.29 is 0 Å². The Labute approximate surface area is 221 Å². The minimum absolute atomic E-state index is 0.0712. The number of pyridine rings is 1. The van der Waals surface area contributed by atoms with E-state index in [4.69, 9.17) is 4.98 Å². The first-order chi connectivity index (χ1) is 17.1. The Morgan fingerprint density at radius 3 is 2.33 bits per heavy atom. The summed E-state index contributed by atoms with van der Waals surface area (Å²) in [5.74, 6) is 0.718. The van der Waals surface area contributed by atoms with Crippen LogP contribution in [0.2, 0.25) is 0 Å². The van der Waals surface area contributed by atoms with Crippen molar-refractivity contribution in [2.24, 2.45) is 5.41 Å². The molecule has 0 atom stereocenters. The number of aryl methyl sites for hydroxylation is 1. The van der Waals surface area contributed by atoms with Crippen LogP contribution >= 0.6 is 0 Å². The molecule has 3 aromatic carbocycles. The van der Waals surface area contributed by atoms with Crippen LogP contribution in [0.5, 0.6) is 0 Å². The summed E-state index contributed by atoms with van der Waals surface area (Å²) in [4.78, 5) is 5.01. The molecule has 2 aromatic heterocycles. The molecule has 1 aliphatic rings. The van der Waals surface area contributed by atoms with Crippen molar-refractivity contribution >= 4 is 44.6 Å². The van der Waals surface area contributed by atoms with Crippen LogP contribution in [-0.2, 0) is 5.41 Å². The molecule has 0 unspecified atom stereocenters. The number of nitrogens with zero attached hydrogens (tertiary/aromatic N) is 1. The van der Waals surface area contributed by atoms with Crippen molar-refractivity contribution in [3.8, 4) is 11.3 Å². The molecule has 1 nitrogen and oxygen atoms in total. The molecule has 36 heavy (non-hydrogen) atoms. The van der Waals surface area contributed by atoms with E-state index in [9.17, 15) is 0 Å². The van der Waals surface area contributed by atoms with Crippen molar-refractivity contribution in [2.45, 2.75) is 78.6 Å². The van der Waals surface area contributed by atoms with Crippen LogP contribution in [0.15, 0.2) is 60.8 Å². The number of rotatable bonds is 2. The average Bonchev–Trinajstić information content (AvgIpc) is 3.23. The van der Waals surface area contributed by atoms with Crippen molar-refractivity contribution in [2.75, 3.05) is 0 Å². The van der Waals surface area contributed by atoms with Gasteiger partial charge < -0.3 is 0 Å². The topological polar surface area (TPSA) is 12.9 Å². The molecule has 5 aromatic rings. The second kappa shape index (κ2) is 8.57. The second-order valence-corrected chi connectivity index (χ2v) is 14.9. The first-order valence-electron chi connectivity index (χ1n) is 13.5. The zero-order valence-corrected chi connectivity index (χ0v) is 24.2. The van der Waals surface area contributed by atoms with Crippen LogP contribution in [0.3, 0.4) is 0 Å². The van der Waals surface area contributed by atoms with Gasteiger partial charge in [-0.25, -0.2) is 0 Å². The quantitative estimate of drug-likeness (QED) is 0.204. The van der Waals surface area contributed by atoms with Gasteiger partial charge in [-0.05, 0) is 0 Å². The summed E-state index contributed by atoms with van der Waals surface area (Å²) in [6, 6.07) is 20.7. The Balaban J connectivity index is 1.53. The van der Waals surface area contributed by atoms with Crippen LogP contribution in [0.25, 0.3) is 41.3 Å². The Hall–Kier alpha value is -2.41. The molecule has 0 spiro atoms. The molecule has 1 saturated carbocycles. The van der Waals surface area contributed by atoms with Crippen molar-refractivity contribution in [3.63, 3.8) is 0 Å². The van der Waals surface area contributed by atoms with E-state index >= 15 is 0 Å². The molecule has 1 fully saturated rings. The summed E-state index contributed by atoms with van der Waals surface area (Å²) in [5, 5.41) is 5.51. The second-order valence-electron chi connectivity index (χ2n) is 12.7. The maximum absolute atomic E-state index is 5.01. The predicted octanol–water partition coefficient (Wildman–Crippen LogP) is 9.55. The molecular formula is C34H37NSe. The molecule has 0 saturated heterocycles. The van der Waals surface area contributed by atoms with Crippen LogP contribution in [0.4, 0.5) is 0 Å². The molecular weight excluding hydrogens is 501 g/mol. The van der Waals surface area contributed by atoms with Gasteiger partial charge in [0.2, 0.25) is 0 Å². The summed E-state index contributed by atoms with van der Waals surface area (Å²) < 4.78 is 3.05. The zero-order chi connectivity index (χ0) is 25.2. The van der Waals surface area contributed by atoms with E-state index in [-0.39, 0.29) is 19.9 Å². The fourth-order valence-electron chi connectivity index (χ4n) is 6.34. The van der Waals surface area contributed by atoms with Crippen molar-refractivity contribution in [1.29, 1.82) is 0 Å². The van der Waals surface area contributed by atoms with E-state index in [1.165, 1.54) is 68.3 Å². The fraction of sp³-hybridized carbons (Fsp3) is 0.382. The molecule has 0 radical (unpaired) electrons. The summed E-state index contributed by atoms with van der Waals surface area (Å²) in [5.41, 5.74) is 7.58. The number of fused-ring (bicyclic) bond motifs is 4. The van der Waals surface area contributed by atoms with Gasteiger partial charge in [0.1, 0.15) is 0 Å². The molecule has 0 amide bonds. The van der Waals surface area contributed by atoms with Gasteiger partial charge in [-0.3, -0.25) is 0 Å². The fourth-order valence-corrected chi connectivity index (χ4v) is 9.11. The van der Waals surface area contributed by atoms with Gasteiger partial charge in [-0.15, -0.1) is 0 Å². The Morgan fingerprint density at radius 1 is 0.861 bits per heavy atom. The molecule has 1 aliphatic carbocycles. The Morgan fingerprint density at radius 2 is 1.58 bits per heavy atom. The molecule has 2 heterocycles. The number of hydrogen-bond donors (Lipinski definition) is 0. The van der Waals surface area contributed by atoms with Gasteiger partial charge >= 0.3 is 222 Å². The molecule has 0 bridgehead atoms. The monoisotopic (exact) mass is 539 g/mol. The standard InChI is InChI=1S/C34H37NSe/c1-21-25(22-13-16-34(5,6)17-14-22)11-12-27-28-15-18-35-30(32(28)36-31(21)27)24-19-23-9-7-8-10-26(23)29(20-24)33(2,3)4/h7-12,15,18-20,22H,13-14,16-17H2,1-6H3. The van der Waals surface area contributed by atoms with E-state index in [1.54, 1.807) is 15.4 Å². The Bertz CT molecular complexity index is 1600. The van der Waals surface area contributed by atoms with Gasteiger partial charge in [0.25, 0.3) is 0 Å². The predicted molar refractivity (Wildman–Crippen MR) is 158 cm³/mol. The van der Waals surface area contributed by atoms with Gasteiger partial charge in [-0.2, -0.15) is 0 Å². The van der Waals surface area contributed by atoms with E-state index in [1.807, 2.05) is 6.20 Å². The van der Waals surface area contributed by atoms with Crippen molar-refractivity contribution in [3.05, 3.63) is 77.5 Å². The van der Waals surface area contributed by atoms with Crippen LogP contribution in [0, 0.1) is 12.3 Å². The number of hydrogen-bond acceptors (Lipinski definition) is 1. The third kappa shape index (κ3) is 4.04. The normalized spacial score (nSPS) is 16.8. The third-order valence-corrected chi connectivity index (χ3v) is 11.4. The van der Waals surface area contributed by atoms with Crippen molar-refractivity contribution in [1.82, 2.24) is 4.98 Å². The van der Waals surface area contributed by atoms with Crippen LogP contribution < -0.4 is 0 Å². The van der Waals surface area contributed by atoms with Gasteiger partial charge in [0.05, 0.1) is 0 Å². The number of aromatic nitrogens is 1. The molecule has 0 aliphatic heterocycles. The molecule has 2 heteroatoms. The summed E-state index contributed by atoms with van der Waals surface area (Å²) in [7, 11) is 0. The molecule has 184 valence electrons. The Kier molecular flexibility index (Phi) is 5.71. The molecule has 6 rings (SSSR count). The van der Waals surface area contributed by atoms with Crippen LogP contribution in [0.1, 0.15) is 82.9 Å². The number of benzene rings is 3. The minimum atomic E-state index is 0.0712. The molecule has 0 N–H and O–H groups in total. The first-order valence-corrected chi connectivity index (χ1v) is 15.2. The zero-order valence-electron chi connectivity index (χ0n) is 22.5. The van der Waals surface area contributed by atoms with E-state index < -0.39 is 0 Å². The third-order valence-electron chi connectivity index (χ3n) is 8.57. The summed E-state index contributed by atoms with van der Waals surface area (Å²) in [6.45, 7) is 14.2. The summed E-state index contributed by atoms with van der Waals surface area (Å²) >= 11 is 0.274. The first kappa shape index (κ1) is 24.0. The van der Waals surface area contributed by atoms with E-state index in [0.717, 1.165) is 5.92 Å². The van der Waals surface area contributed by atoms with Gasteiger partial charge in [-0.1, -0.05) is 0 Å². The SMILES string of the molecule is Cc1c(C2CCC(C)(C)CC2)ccc2c1[se]c1c(-c3cc(C(C)(C)C)c4ccccc4c3)nccc12. The van der Waals surface area contributed by atoms with Crippen LogP contribution in [-0.4, -0.2) is 19.5 Å².